The molecule has 2 unspecified atom stereocenters. The molecule has 0 amide bonds. The van der Waals surface area contributed by atoms with Gasteiger partial charge >= 0.3 is 0 Å². The Balaban J connectivity index is 2.07. The number of rotatable bonds is 1. The van der Waals surface area contributed by atoms with Crippen molar-refractivity contribution < 1.29 is 4.79 Å². The molecule has 0 radical (unpaired) electrons. The molecule has 0 saturated carbocycles. The second-order valence-corrected chi connectivity index (χ2v) is 5.31. The Kier molecular flexibility index (Phi) is 2.97. The Bertz CT molecular complexity index is 618. The maximum atomic E-state index is 11.8. The molecule has 3 heteroatoms. The monoisotopic (exact) mass is 254 g/mol. The van der Waals surface area contributed by atoms with E-state index in [0.717, 1.165) is 11.9 Å². The number of ketones is 1. The van der Waals surface area contributed by atoms with Gasteiger partial charge in [-0.2, -0.15) is 0 Å². The van der Waals surface area contributed by atoms with Crippen molar-refractivity contribution >= 4 is 22.2 Å². The number of hydrogen-bond donors (Lipinski definition) is 0. The molecule has 1 aliphatic rings. The molecular weight excluding hydrogens is 236 g/mol. The molecule has 0 N–H and O–H groups in total. The first-order chi connectivity index (χ1) is 9.18. The highest BCUT2D eigenvalue weighted by atomic mass is 16.1. The van der Waals surface area contributed by atoms with Crippen LogP contribution >= 0.6 is 0 Å². The van der Waals surface area contributed by atoms with Gasteiger partial charge in [0, 0.05) is 53.8 Å². The van der Waals surface area contributed by atoms with Crippen LogP contribution in [0.25, 0.3) is 10.8 Å². The zero-order valence-corrected chi connectivity index (χ0v) is 11.3. The molecule has 0 bridgehead atoms. The number of Topliss-reactive ketones (excluding diaryl/α,β-unsaturated/α-hetero) is 1. The van der Waals surface area contributed by atoms with Crippen LogP contribution in [0.15, 0.2) is 36.7 Å². The summed E-state index contributed by atoms with van der Waals surface area (Å²) in [6, 6.07) is 8.59. The van der Waals surface area contributed by atoms with Crippen LogP contribution in [0.4, 0.5) is 5.69 Å². The van der Waals surface area contributed by atoms with E-state index < -0.39 is 0 Å². The third-order valence-electron chi connectivity index (χ3n) is 4.29. The first-order valence-corrected chi connectivity index (χ1v) is 6.80. The van der Waals surface area contributed by atoms with Crippen LogP contribution in [0.2, 0.25) is 0 Å². The van der Waals surface area contributed by atoms with E-state index in [0.29, 0.717) is 12.2 Å². The molecule has 1 saturated heterocycles. The zero-order valence-electron chi connectivity index (χ0n) is 11.3. The highest BCUT2D eigenvalue weighted by molar-refractivity contribution is 5.95. The zero-order chi connectivity index (χ0) is 13.4. The summed E-state index contributed by atoms with van der Waals surface area (Å²) in [6.45, 7) is 4.99. The number of hydrogen-bond acceptors (Lipinski definition) is 3. The van der Waals surface area contributed by atoms with Gasteiger partial charge in [-0.15, -0.1) is 0 Å². The quantitative estimate of drug-likeness (QED) is 0.784. The largest absolute Gasteiger partial charge is 0.367 e. The van der Waals surface area contributed by atoms with Crippen molar-refractivity contribution in [3.8, 4) is 0 Å². The van der Waals surface area contributed by atoms with Gasteiger partial charge in [0.15, 0.2) is 0 Å². The minimum atomic E-state index is 0.103. The number of piperidine rings is 1. The van der Waals surface area contributed by atoms with Crippen molar-refractivity contribution in [2.24, 2.45) is 5.92 Å². The average molecular weight is 254 g/mol. The van der Waals surface area contributed by atoms with E-state index >= 15 is 0 Å². The van der Waals surface area contributed by atoms with E-state index in [-0.39, 0.29) is 12.0 Å². The Morgan fingerprint density at radius 3 is 2.95 bits per heavy atom. The predicted octanol–water partition coefficient (Wildman–Crippen LogP) is 3.04. The number of anilines is 1. The average Bonchev–Trinajstić information content (AvgIpc) is 2.45. The second-order valence-electron chi connectivity index (χ2n) is 5.31. The van der Waals surface area contributed by atoms with E-state index in [1.807, 2.05) is 19.3 Å². The fourth-order valence-electron chi connectivity index (χ4n) is 2.90. The van der Waals surface area contributed by atoms with Gasteiger partial charge < -0.3 is 4.90 Å². The van der Waals surface area contributed by atoms with Gasteiger partial charge in [0.25, 0.3) is 0 Å². The third-order valence-corrected chi connectivity index (χ3v) is 4.29. The molecule has 2 atom stereocenters. The van der Waals surface area contributed by atoms with Crippen molar-refractivity contribution in [3.63, 3.8) is 0 Å². The highest BCUT2D eigenvalue weighted by Gasteiger charge is 2.31. The molecule has 2 heterocycles. The van der Waals surface area contributed by atoms with Crippen LogP contribution in [0.1, 0.15) is 20.3 Å². The van der Waals surface area contributed by atoms with Crippen LogP contribution in [0.3, 0.4) is 0 Å². The number of pyridine rings is 1. The van der Waals surface area contributed by atoms with Crippen LogP contribution in [-0.4, -0.2) is 23.4 Å². The Labute approximate surface area is 113 Å². The lowest BCUT2D eigenvalue weighted by Gasteiger charge is -2.39. The molecule has 1 aromatic carbocycles. The maximum absolute atomic E-state index is 11.8. The Hall–Kier alpha value is -1.90. The molecule has 1 aliphatic heterocycles. The normalized spacial score (nSPS) is 23.9. The summed E-state index contributed by atoms with van der Waals surface area (Å²) >= 11 is 0. The van der Waals surface area contributed by atoms with Gasteiger partial charge in [-0.3, -0.25) is 9.78 Å². The Morgan fingerprint density at radius 1 is 1.26 bits per heavy atom. The summed E-state index contributed by atoms with van der Waals surface area (Å²) in [7, 11) is 0. The first-order valence-electron chi connectivity index (χ1n) is 6.80. The van der Waals surface area contributed by atoms with Gasteiger partial charge in [-0.1, -0.05) is 19.1 Å². The molecular formula is C16H18N2O. The smallest absolute Gasteiger partial charge is 0.139 e. The second kappa shape index (κ2) is 4.65. The highest BCUT2D eigenvalue weighted by Crippen LogP contribution is 2.32. The van der Waals surface area contributed by atoms with Gasteiger partial charge in [-0.05, 0) is 19.1 Å². The summed E-state index contributed by atoms with van der Waals surface area (Å²) in [5, 5.41) is 2.36. The first kappa shape index (κ1) is 12.2. The van der Waals surface area contributed by atoms with Crippen LogP contribution < -0.4 is 4.90 Å². The van der Waals surface area contributed by atoms with Crippen molar-refractivity contribution in [2.75, 3.05) is 11.4 Å². The number of aromatic nitrogens is 1. The summed E-state index contributed by atoms with van der Waals surface area (Å²) in [4.78, 5) is 18.3. The molecule has 1 fully saturated rings. The van der Waals surface area contributed by atoms with Crippen molar-refractivity contribution in [1.29, 1.82) is 0 Å². The molecule has 2 aromatic rings. The lowest BCUT2D eigenvalue weighted by atomic mass is 9.90. The van der Waals surface area contributed by atoms with Crippen molar-refractivity contribution in [3.05, 3.63) is 36.7 Å². The number of nitrogens with zero attached hydrogens (tertiary/aromatic N) is 2. The fraction of sp³-hybridized carbons (Fsp3) is 0.375. The van der Waals surface area contributed by atoms with E-state index in [1.54, 1.807) is 0 Å². The molecule has 19 heavy (non-hydrogen) atoms. The van der Waals surface area contributed by atoms with E-state index in [4.69, 9.17) is 0 Å². The molecule has 1 aromatic heterocycles. The molecule has 3 nitrogen and oxygen atoms in total. The molecule has 98 valence electrons. The van der Waals surface area contributed by atoms with E-state index in [1.165, 1.54) is 11.1 Å². The molecule has 3 rings (SSSR count). The van der Waals surface area contributed by atoms with Crippen LogP contribution in [0.5, 0.6) is 0 Å². The minimum Gasteiger partial charge on any atom is -0.367 e. The van der Waals surface area contributed by atoms with Gasteiger partial charge in [0.2, 0.25) is 0 Å². The third kappa shape index (κ3) is 1.99. The fourth-order valence-corrected chi connectivity index (χ4v) is 2.90. The lowest BCUT2D eigenvalue weighted by molar-refractivity contribution is -0.123. The summed E-state index contributed by atoms with van der Waals surface area (Å²) in [5.41, 5.74) is 1.21. The SMILES string of the molecule is CC1C(=O)CCN(c2cccc3cnccc23)C1C. The number of fused-ring (bicyclic) bond motifs is 1. The van der Waals surface area contributed by atoms with Crippen LogP contribution in [0, 0.1) is 5.92 Å². The Morgan fingerprint density at radius 2 is 2.11 bits per heavy atom. The summed E-state index contributed by atoms with van der Waals surface area (Å²) < 4.78 is 0. The standard InChI is InChI=1S/C16H18N2O/c1-11-12(2)18(9-7-16(11)19)15-5-3-4-13-10-17-8-6-14(13)15/h3-6,8,10-12H,7,9H2,1-2H3. The van der Waals surface area contributed by atoms with Crippen molar-refractivity contribution in [1.82, 2.24) is 4.98 Å². The number of carbonyl (C=O) groups excluding carboxylic acids is 1. The summed E-state index contributed by atoms with van der Waals surface area (Å²) in [5.74, 6) is 0.483. The lowest BCUT2D eigenvalue weighted by Crippen LogP contribution is -2.47. The topological polar surface area (TPSA) is 33.2 Å². The van der Waals surface area contributed by atoms with Gasteiger partial charge in [-0.25, -0.2) is 0 Å². The minimum absolute atomic E-state index is 0.103. The maximum Gasteiger partial charge on any atom is 0.139 e. The number of carbonyl (C=O) groups is 1. The predicted molar refractivity (Wildman–Crippen MR) is 77.3 cm³/mol. The van der Waals surface area contributed by atoms with E-state index in [9.17, 15) is 4.79 Å². The molecule has 0 spiro atoms. The molecule has 0 aliphatic carbocycles. The van der Waals surface area contributed by atoms with Gasteiger partial charge in [0.1, 0.15) is 5.78 Å². The van der Waals surface area contributed by atoms with Crippen LogP contribution in [-0.2, 0) is 4.79 Å². The number of benzene rings is 1. The summed E-state index contributed by atoms with van der Waals surface area (Å²) in [6.07, 6.45) is 4.37. The van der Waals surface area contributed by atoms with Gasteiger partial charge in [0.05, 0.1) is 0 Å². The van der Waals surface area contributed by atoms with E-state index in [2.05, 4.69) is 41.1 Å². The van der Waals surface area contributed by atoms with Crippen molar-refractivity contribution in [2.45, 2.75) is 26.3 Å².